The van der Waals surface area contributed by atoms with E-state index in [4.69, 9.17) is 20.9 Å². The van der Waals surface area contributed by atoms with Crippen LogP contribution in [-0.2, 0) is 12.8 Å². The lowest BCUT2D eigenvalue weighted by molar-refractivity contribution is 0.325. The highest BCUT2D eigenvalue weighted by atomic mass is 35.5. The topological polar surface area (TPSA) is 70.5 Å². The summed E-state index contributed by atoms with van der Waals surface area (Å²) in [5.74, 6) is 1.66. The minimum atomic E-state index is 0. The summed E-state index contributed by atoms with van der Waals surface area (Å²) in [5, 5.41) is 0. The second-order valence-corrected chi connectivity index (χ2v) is 5.91. The highest BCUT2D eigenvalue weighted by molar-refractivity contribution is 5.85. The average Bonchev–Trinajstić information content (AvgIpc) is 2.66. The minimum absolute atomic E-state index is 0. The second kappa shape index (κ2) is 14.1. The van der Waals surface area contributed by atoms with Crippen LogP contribution in [-0.4, -0.2) is 26.3 Å². The van der Waals surface area contributed by atoms with Gasteiger partial charge in [-0.2, -0.15) is 0 Å². The van der Waals surface area contributed by atoms with Crippen LogP contribution in [0.1, 0.15) is 11.1 Å². The average molecular weight is 425 g/mol. The number of allylic oxidation sites excluding steroid dienone is 2. The van der Waals surface area contributed by atoms with Gasteiger partial charge in [-0.15, -0.1) is 38.0 Å². The number of rotatable bonds is 11. The van der Waals surface area contributed by atoms with Crippen molar-refractivity contribution in [2.75, 3.05) is 26.3 Å². The molecule has 0 amide bonds. The van der Waals surface area contributed by atoms with Gasteiger partial charge in [-0.25, -0.2) is 0 Å². The van der Waals surface area contributed by atoms with Gasteiger partial charge in [0.15, 0.2) is 0 Å². The SMILES string of the molecule is C=CCc1ccc(OCCN)c(-c2ccc(OCCN)c(CC=C)c2)c1.Cl.Cl. The predicted molar refractivity (Wildman–Crippen MR) is 123 cm³/mol. The summed E-state index contributed by atoms with van der Waals surface area (Å²) in [6.45, 7) is 9.59. The molecule has 4 nitrogen and oxygen atoms in total. The first-order chi connectivity index (χ1) is 12.7. The van der Waals surface area contributed by atoms with Crippen molar-refractivity contribution in [2.45, 2.75) is 12.8 Å². The van der Waals surface area contributed by atoms with Crippen molar-refractivity contribution in [2.24, 2.45) is 11.5 Å². The van der Waals surface area contributed by atoms with Crippen molar-refractivity contribution in [3.05, 3.63) is 72.8 Å². The lowest BCUT2D eigenvalue weighted by Gasteiger charge is -2.15. The molecule has 2 aromatic carbocycles. The van der Waals surface area contributed by atoms with Crippen LogP contribution >= 0.6 is 24.8 Å². The molecule has 0 aliphatic carbocycles. The molecule has 0 saturated heterocycles. The van der Waals surface area contributed by atoms with Crippen molar-refractivity contribution in [3.8, 4) is 22.6 Å². The molecular weight excluding hydrogens is 395 g/mol. The number of hydrogen-bond donors (Lipinski definition) is 2. The first-order valence-corrected chi connectivity index (χ1v) is 8.87. The number of benzene rings is 2. The Morgan fingerprint density at radius 2 is 1.39 bits per heavy atom. The molecule has 0 spiro atoms. The van der Waals surface area contributed by atoms with Crippen LogP contribution in [0.2, 0.25) is 0 Å². The van der Waals surface area contributed by atoms with Crippen molar-refractivity contribution in [1.29, 1.82) is 0 Å². The van der Waals surface area contributed by atoms with E-state index in [0.29, 0.717) is 26.3 Å². The first kappa shape index (κ1) is 26.0. The Hall–Kier alpha value is -1.98. The number of ether oxygens (including phenoxy) is 2. The lowest BCUT2D eigenvalue weighted by atomic mass is 9.97. The van der Waals surface area contributed by atoms with Gasteiger partial charge in [0, 0.05) is 18.7 Å². The maximum absolute atomic E-state index is 5.85. The van der Waals surface area contributed by atoms with E-state index in [-0.39, 0.29) is 24.8 Å². The third kappa shape index (κ3) is 7.21. The molecule has 6 heteroatoms. The Bertz CT molecular complexity index is 751. The molecule has 28 heavy (non-hydrogen) atoms. The van der Waals surface area contributed by atoms with Crippen molar-refractivity contribution in [3.63, 3.8) is 0 Å². The van der Waals surface area contributed by atoms with Crippen LogP contribution in [0.3, 0.4) is 0 Å². The van der Waals surface area contributed by atoms with Crippen LogP contribution in [0.15, 0.2) is 61.7 Å². The molecular formula is C22H30Cl2N2O2. The Morgan fingerprint density at radius 3 is 2.00 bits per heavy atom. The molecule has 154 valence electrons. The van der Waals surface area contributed by atoms with E-state index in [1.54, 1.807) is 0 Å². The number of hydrogen-bond acceptors (Lipinski definition) is 4. The Balaban J connectivity index is 0.00000364. The number of nitrogens with two attached hydrogens (primary N) is 2. The van der Waals surface area contributed by atoms with Gasteiger partial charge in [0.25, 0.3) is 0 Å². The third-order valence-electron chi connectivity index (χ3n) is 3.91. The quantitative estimate of drug-likeness (QED) is 0.526. The summed E-state index contributed by atoms with van der Waals surface area (Å²) >= 11 is 0. The largest absolute Gasteiger partial charge is 0.492 e. The Labute approximate surface area is 180 Å². The van der Waals surface area contributed by atoms with Gasteiger partial charge in [-0.05, 0) is 53.8 Å². The fraction of sp³-hybridized carbons (Fsp3) is 0.273. The summed E-state index contributed by atoms with van der Waals surface area (Å²) in [4.78, 5) is 0. The van der Waals surface area contributed by atoms with E-state index in [0.717, 1.165) is 41.0 Å². The predicted octanol–water partition coefficient (Wildman–Crippen LogP) is 4.33. The molecule has 0 unspecified atom stereocenters. The molecule has 0 saturated carbocycles. The van der Waals surface area contributed by atoms with E-state index in [1.165, 1.54) is 5.56 Å². The minimum Gasteiger partial charge on any atom is -0.492 e. The molecule has 0 aliphatic rings. The van der Waals surface area contributed by atoms with Gasteiger partial charge in [0.2, 0.25) is 0 Å². The van der Waals surface area contributed by atoms with Gasteiger partial charge >= 0.3 is 0 Å². The smallest absolute Gasteiger partial charge is 0.127 e. The zero-order valence-electron chi connectivity index (χ0n) is 16.1. The Morgan fingerprint density at radius 1 is 0.786 bits per heavy atom. The van der Waals surface area contributed by atoms with Crippen LogP contribution in [0.25, 0.3) is 11.1 Å². The van der Waals surface area contributed by atoms with Crippen LogP contribution < -0.4 is 20.9 Å². The summed E-state index contributed by atoms with van der Waals surface area (Å²) in [6, 6.07) is 12.3. The Kier molecular flexibility index (Phi) is 13.1. The van der Waals surface area contributed by atoms with Gasteiger partial charge in [0.1, 0.15) is 24.7 Å². The standard InChI is InChI=1S/C22H28N2O2.2ClH/c1-3-5-17-7-9-22(26-14-12-24)20(15-17)18-8-10-21(25-13-11-23)19(16-18)6-4-2;;/h3-4,7-10,15-16H,1-2,5-6,11-14,23-24H2;2*1H. The van der Waals surface area contributed by atoms with E-state index in [2.05, 4.69) is 31.4 Å². The van der Waals surface area contributed by atoms with Gasteiger partial charge < -0.3 is 20.9 Å². The summed E-state index contributed by atoms with van der Waals surface area (Å²) < 4.78 is 11.6. The third-order valence-corrected chi connectivity index (χ3v) is 3.91. The molecule has 0 atom stereocenters. The van der Waals surface area contributed by atoms with E-state index in [1.807, 2.05) is 30.4 Å². The highest BCUT2D eigenvalue weighted by Crippen LogP contribution is 2.34. The van der Waals surface area contributed by atoms with Gasteiger partial charge in [-0.3, -0.25) is 0 Å². The first-order valence-electron chi connectivity index (χ1n) is 8.87. The molecule has 0 aromatic heterocycles. The summed E-state index contributed by atoms with van der Waals surface area (Å²) in [7, 11) is 0. The van der Waals surface area contributed by atoms with Crippen LogP contribution in [0.5, 0.6) is 11.5 Å². The molecule has 2 aromatic rings. The fourth-order valence-corrected chi connectivity index (χ4v) is 2.76. The summed E-state index contributed by atoms with van der Waals surface area (Å²) in [6.07, 6.45) is 5.29. The van der Waals surface area contributed by atoms with Gasteiger partial charge in [0.05, 0.1) is 0 Å². The maximum Gasteiger partial charge on any atom is 0.127 e. The maximum atomic E-state index is 5.85. The molecule has 4 N–H and O–H groups in total. The molecule has 0 bridgehead atoms. The van der Waals surface area contributed by atoms with Crippen molar-refractivity contribution < 1.29 is 9.47 Å². The van der Waals surface area contributed by atoms with Crippen molar-refractivity contribution >= 4 is 24.8 Å². The normalized spacial score (nSPS) is 9.64. The zero-order valence-corrected chi connectivity index (χ0v) is 17.7. The van der Waals surface area contributed by atoms with E-state index in [9.17, 15) is 0 Å². The van der Waals surface area contributed by atoms with E-state index >= 15 is 0 Å². The number of halogens is 2. The van der Waals surface area contributed by atoms with Crippen LogP contribution in [0, 0.1) is 0 Å². The van der Waals surface area contributed by atoms with Crippen LogP contribution in [0.4, 0.5) is 0 Å². The molecule has 0 fully saturated rings. The second-order valence-electron chi connectivity index (χ2n) is 5.91. The molecule has 0 aliphatic heterocycles. The zero-order chi connectivity index (χ0) is 18.8. The van der Waals surface area contributed by atoms with Crippen molar-refractivity contribution in [1.82, 2.24) is 0 Å². The molecule has 0 heterocycles. The monoisotopic (exact) mass is 424 g/mol. The lowest BCUT2D eigenvalue weighted by Crippen LogP contribution is -2.12. The molecule has 0 radical (unpaired) electrons. The van der Waals surface area contributed by atoms with Gasteiger partial charge in [-0.1, -0.05) is 24.3 Å². The van der Waals surface area contributed by atoms with E-state index < -0.39 is 0 Å². The summed E-state index contributed by atoms with van der Waals surface area (Å²) in [5.41, 5.74) is 15.5. The molecule has 2 rings (SSSR count). The fourth-order valence-electron chi connectivity index (χ4n) is 2.76. The highest BCUT2D eigenvalue weighted by Gasteiger charge is 2.11.